The maximum absolute atomic E-state index is 12.8. The minimum Gasteiger partial charge on any atom is -0.390 e. The van der Waals surface area contributed by atoms with Crippen LogP contribution in [0.5, 0.6) is 0 Å². The number of carbonyl (C=O) groups is 1. The van der Waals surface area contributed by atoms with Crippen molar-refractivity contribution < 1.29 is 9.90 Å². The van der Waals surface area contributed by atoms with E-state index >= 15 is 0 Å². The Morgan fingerprint density at radius 1 is 1.40 bits per heavy atom. The molecule has 2 unspecified atom stereocenters. The summed E-state index contributed by atoms with van der Waals surface area (Å²) in [4.78, 5) is 18.1. The lowest BCUT2D eigenvalue weighted by molar-refractivity contribution is -0.174. The average Bonchev–Trinajstić information content (AvgIpc) is 2.71. The molecule has 4 bridgehead atoms. The molecule has 108 valence electrons. The molecule has 4 fully saturated rings. The van der Waals surface area contributed by atoms with Crippen LogP contribution in [-0.2, 0) is 4.79 Å². The van der Waals surface area contributed by atoms with Gasteiger partial charge in [-0.15, -0.1) is 11.3 Å². The van der Waals surface area contributed by atoms with Crippen LogP contribution in [0.15, 0.2) is 6.20 Å². The molecule has 20 heavy (non-hydrogen) atoms. The maximum Gasteiger partial charge on any atom is 0.232 e. The van der Waals surface area contributed by atoms with E-state index in [1.807, 2.05) is 6.92 Å². The molecule has 4 aliphatic rings. The first-order valence-corrected chi connectivity index (χ1v) is 8.24. The molecule has 1 heterocycles. The van der Waals surface area contributed by atoms with Gasteiger partial charge in [0.05, 0.1) is 11.0 Å². The normalized spacial score (nSPS) is 41.9. The van der Waals surface area contributed by atoms with Crippen molar-refractivity contribution in [2.24, 2.45) is 17.3 Å². The van der Waals surface area contributed by atoms with Gasteiger partial charge in [-0.05, 0) is 57.3 Å². The van der Waals surface area contributed by atoms with Crippen molar-refractivity contribution in [1.82, 2.24) is 4.98 Å². The molecule has 0 saturated heterocycles. The summed E-state index contributed by atoms with van der Waals surface area (Å²) >= 11 is 1.51. The molecule has 5 heteroatoms. The van der Waals surface area contributed by atoms with Gasteiger partial charge in [0.1, 0.15) is 0 Å². The van der Waals surface area contributed by atoms with E-state index < -0.39 is 5.60 Å². The van der Waals surface area contributed by atoms with Crippen LogP contribution in [0.2, 0.25) is 0 Å². The molecule has 4 saturated carbocycles. The van der Waals surface area contributed by atoms with Gasteiger partial charge in [0.2, 0.25) is 5.91 Å². The first-order valence-electron chi connectivity index (χ1n) is 7.43. The summed E-state index contributed by atoms with van der Waals surface area (Å²) in [6, 6.07) is 0. The Balaban J connectivity index is 1.59. The number of aryl methyl sites for hydroxylation is 1. The molecule has 4 nitrogen and oxygen atoms in total. The highest BCUT2D eigenvalue weighted by Crippen LogP contribution is 2.61. The minimum atomic E-state index is -0.583. The van der Waals surface area contributed by atoms with Gasteiger partial charge in [-0.2, -0.15) is 0 Å². The second-order valence-electron chi connectivity index (χ2n) is 7.20. The van der Waals surface area contributed by atoms with Crippen molar-refractivity contribution in [3.05, 3.63) is 11.1 Å². The van der Waals surface area contributed by atoms with Crippen LogP contribution in [0.1, 0.15) is 43.4 Å². The molecule has 1 aromatic heterocycles. The van der Waals surface area contributed by atoms with Crippen molar-refractivity contribution in [3.8, 4) is 0 Å². The number of carbonyl (C=O) groups excluding carboxylic acids is 1. The summed E-state index contributed by atoms with van der Waals surface area (Å²) in [6.45, 7) is 1.99. The second kappa shape index (κ2) is 4.04. The molecular weight excluding hydrogens is 272 g/mol. The highest BCUT2D eigenvalue weighted by Gasteiger charge is 2.60. The zero-order valence-corrected chi connectivity index (χ0v) is 12.5. The molecule has 4 aliphatic carbocycles. The van der Waals surface area contributed by atoms with Gasteiger partial charge in [0.25, 0.3) is 0 Å². The fourth-order valence-electron chi connectivity index (χ4n) is 5.12. The summed E-state index contributed by atoms with van der Waals surface area (Å²) in [6.07, 6.45) is 7.32. The fourth-order valence-corrected chi connectivity index (χ4v) is 5.78. The topological polar surface area (TPSA) is 62.2 Å². The first kappa shape index (κ1) is 12.8. The molecule has 1 aromatic rings. The lowest BCUT2D eigenvalue weighted by atomic mass is 9.47. The summed E-state index contributed by atoms with van der Waals surface area (Å²) in [5.74, 6) is 1.15. The van der Waals surface area contributed by atoms with Gasteiger partial charge in [-0.1, -0.05) is 0 Å². The Morgan fingerprint density at radius 2 is 2.10 bits per heavy atom. The van der Waals surface area contributed by atoms with Gasteiger partial charge >= 0.3 is 0 Å². The zero-order chi connectivity index (χ0) is 14.0. The van der Waals surface area contributed by atoms with E-state index in [1.165, 1.54) is 17.8 Å². The summed E-state index contributed by atoms with van der Waals surface area (Å²) in [5, 5.41) is 14.4. The maximum atomic E-state index is 12.8. The van der Waals surface area contributed by atoms with Crippen LogP contribution in [0.25, 0.3) is 0 Å². The molecule has 0 aliphatic heterocycles. The van der Waals surface area contributed by atoms with E-state index in [9.17, 15) is 9.90 Å². The number of aromatic nitrogens is 1. The van der Waals surface area contributed by atoms with Crippen molar-refractivity contribution in [2.45, 2.75) is 51.0 Å². The molecule has 0 spiro atoms. The first-order chi connectivity index (χ1) is 9.46. The van der Waals surface area contributed by atoms with Gasteiger partial charge < -0.3 is 10.4 Å². The number of amides is 1. The number of anilines is 1. The van der Waals surface area contributed by atoms with Gasteiger partial charge in [-0.25, -0.2) is 4.98 Å². The lowest BCUT2D eigenvalue weighted by Crippen LogP contribution is -2.59. The Bertz CT molecular complexity index is 554. The Kier molecular flexibility index (Phi) is 2.58. The smallest absolute Gasteiger partial charge is 0.232 e. The van der Waals surface area contributed by atoms with Gasteiger partial charge in [0, 0.05) is 11.1 Å². The number of thiazole rings is 1. The average molecular weight is 292 g/mol. The summed E-state index contributed by atoms with van der Waals surface area (Å²) in [5.41, 5.74) is -0.932. The third kappa shape index (κ3) is 1.91. The lowest BCUT2D eigenvalue weighted by Gasteiger charge is -2.59. The van der Waals surface area contributed by atoms with Crippen molar-refractivity contribution in [2.75, 3.05) is 5.32 Å². The molecule has 2 N–H and O–H groups in total. The Labute approximate surface area is 122 Å². The standard InChI is InChI=1S/C15H20N2O2S/c1-9-7-16-13(20-9)17-12(18)14-3-10-2-11(4-14)6-15(19,5-10)8-14/h7,10-11,19H,2-6,8H2,1H3,(H,16,17,18)/t10-,11+,14?,15?. The van der Waals surface area contributed by atoms with E-state index in [4.69, 9.17) is 0 Å². The predicted molar refractivity (Wildman–Crippen MR) is 77.5 cm³/mol. The Morgan fingerprint density at radius 3 is 2.65 bits per heavy atom. The highest BCUT2D eigenvalue weighted by molar-refractivity contribution is 7.15. The molecule has 5 rings (SSSR count). The minimum absolute atomic E-state index is 0.0828. The molecule has 0 radical (unpaired) electrons. The number of hydrogen-bond donors (Lipinski definition) is 2. The molecule has 0 aromatic carbocycles. The van der Waals surface area contributed by atoms with Crippen molar-refractivity contribution >= 4 is 22.4 Å². The van der Waals surface area contributed by atoms with Crippen molar-refractivity contribution in [3.63, 3.8) is 0 Å². The molecule has 1 amide bonds. The number of rotatable bonds is 2. The number of hydrogen-bond acceptors (Lipinski definition) is 4. The van der Waals surface area contributed by atoms with Crippen LogP contribution in [0.4, 0.5) is 5.13 Å². The van der Waals surface area contributed by atoms with Crippen LogP contribution in [0.3, 0.4) is 0 Å². The van der Waals surface area contributed by atoms with E-state index in [2.05, 4.69) is 10.3 Å². The highest BCUT2D eigenvalue weighted by atomic mass is 32.1. The molecular formula is C15H20N2O2S. The van der Waals surface area contributed by atoms with E-state index in [1.54, 1.807) is 6.20 Å². The number of nitrogens with one attached hydrogen (secondary N) is 1. The van der Waals surface area contributed by atoms with E-state index in [0.29, 0.717) is 23.4 Å². The quantitative estimate of drug-likeness (QED) is 0.881. The predicted octanol–water partition coefficient (Wildman–Crippen LogP) is 2.72. The SMILES string of the molecule is Cc1cnc(NC(=O)C23C[C@@H]4C[C@@H](CC(O)(C4)C2)C3)s1. The van der Waals surface area contributed by atoms with Crippen LogP contribution >= 0.6 is 11.3 Å². The Hall–Kier alpha value is -0.940. The van der Waals surface area contributed by atoms with Crippen LogP contribution < -0.4 is 5.32 Å². The van der Waals surface area contributed by atoms with Crippen molar-refractivity contribution in [1.29, 1.82) is 0 Å². The zero-order valence-electron chi connectivity index (χ0n) is 11.7. The van der Waals surface area contributed by atoms with Crippen LogP contribution in [0, 0.1) is 24.2 Å². The summed E-state index contributed by atoms with van der Waals surface area (Å²) < 4.78 is 0. The second-order valence-corrected chi connectivity index (χ2v) is 8.43. The van der Waals surface area contributed by atoms with E-state index in [0.717, 1.165) is 30.6 Å². The number of aliphatic hydroxyl groups is 1. The van der Waals surface area contributed by atoms with Gasteiger partial charge in [-0.3, -0.25) is 4.79 Å². The monoisotopic (exact) mass is 292 g/mol. The largest absolute Gasteiger partial charge is 0.390 e. The van der Waals surface area contributed by atoms with Gasteiger partial charge in [0.15, 0.2) is 5.13 Å². The summed E-state index contributed by atoms with van der Waals surface area (Å²) in [7, 11) is 0. The third-order valence-corrected chi connectivity index (χ3v) is 6.18. The van der Waals surface area contributed by atoms with E-state index in [-0.39, 0.29) is 11.3 Å². The van der Waals surface area contributed by atoms with Crippen LogP contribution in [-0.4, -0.2) is 21.6 Å². The molecule has 4 atom stereocenters. The third-order valence-electron chi connectivity index (χ3n) is 5.35. The fraction of sp³-hybridized carbons (Fsp3) is 0.733. The number of nitrogens with zero attached hydrogens (tertiary/aromatic N) is 1.